The number of amides is 2. The van der Waals surface area contributed by atoms with Crippen LogP contribution in [0.1, 0.15) is 45.6 Å². The fraction of sp³-hybridized carbons (Fsp3) is 0.462. The average Bonchev–Trinajstić information content (AvgIpc) is 2.94. The van der Waals surface area contributed by atoms with Crippen molar-refractivity contribution in [1.29, 1.82) is 0 Å². The number of sulfonamides is 1. The van der Waals surface area contributed by atoms with Crippen molar-refractivity contribution >= 4 is 45.0 Å². The quantitative estimate of drug-likeness (QED) is 0.611. The van der Waals surface area contributed by atoms with E-state index in [1.165, 1.54) is 21.0 Å². The monoisotopic (exact) mass is 515 g/mol. The third kappa shape index (κ3) is 5.73. The number of hydrogen-bond donors (Lipinski definition) is 1. The summed E-state index contributed by atoms with van der Waals surface area (Å²) in [5, 5.41) is 2.94. The zero-order valence-electron chi connectivity index (χ0n) is 20.5. The molecule has 2 amide bonds. The molecule has 2 aromatic carbocycles. The molecule has 188 valence electrons. The van der Waals surface area contributed by atoms with Gasteiger partial charge < -0.3 is 10.2 Å². The van der Waals surface area contributed by atoms with Crippen LogP contribution >= 0.6 is 11.8 Å². The number of benzene rings is 2. The first-order chi connectivity index (χ1) is 16.7. The standard InChI is InChI=1S/C26H33N3O4S2/c1-4-20-7-5-6-8-22(20)27-25(30)17-29-23-16-21(9-10-24(23)34-19(3)15-26(29)31)35(32,33)28-13-11-18(2)12-14-28/h5-10,16,18-19H,4,11-15,17H2,1-3H3,(H,27,30)/t19-/m0/s1. The molecule has 0 aliphatic carbocycles. The molecular formula is C26H33N3O4S2. The van der Waals surface area contributed by atoms with Crippen LogP contribution in [0, 0.1) is 5.92 Å². The van der Waals surface area contributed by atoms with E-state index in [9.17, 15) is 18.0 Å². The lowest BCUT2D eigenvalue weighted by molar-refractivity contribution is -0.121. The molecule has 1 N–H and O–H groups in total. The topological polar surface area (TPSA) is 86.8 Å². The lowest BCUT2D eigenvalue weighted by Gasteiger charge is -2.30. The second-order valence-electron chi connectivity index (χ2n) is 9.39. The highest BCUT2D eigenvalue weighted by molar-refractivity contribution is 8.00. The highest BCUT2D eigenvalue weighted by atomic mass is 32.2. The van der Waals surface area contributed by atoms with Crippen molar-refractivity contribution in [2.75, 3.05) is 29.9 Å². The molecule has 4 rings (SSSR count). The molecule has 35 heavy (non-hydrogen) atoms. The summed E-state index contributed by atoms with van der Waals surface area (Å²) in [7, 11) is -3.69. The number of para-hydroxylation sites is 1. The number of fused-ring (bicyclic) bond motifs is 1. The summed E-state index contributed by atoms with van der Waals surface area (Å²) in [5.74, 6) is 0.00269. The number of aryl methyl sites for hydroxylation is 1. The maximum atomic E-state index is 13.4. The van der Waals surface area contributed by atoms with E-state index >= 15 is 0 Å². The minimum absolute atomic E-state index is 0.0150. The molecule has 1 atom stereocenters. The van der Waals surface area contributed by atoms with Crippen LogP contribution in [0.4, 0.5) is 11.4 Å². The second-order valence-corrected chi connectivity index (χ2v) is 12.8. The number of rotatable bonds is 6. The SMILES string of the molecule is CCc1ccccc1NC(=O)CN1C(=O)C[C@H](C)Sc2ccc(S(=O)(=O)N3CCC(C)CC3)cc21. The van der Waals surface area contributed by atoms with E-state index in [2.05, 4.69) is 12.2 Å². The van der Waals surface area contributed by atoms with E-state index in [-0.39, 0.29) is 34.9 Å². The number of carbonyl (C=O) groups is 2. The van der Waals surface area contributed by atoms with Crippen LogP contribution in [0.15, 0.2) is 52.3 Å². The molecule has 9 heteroatoms. The van der Waals surface area contributed by atoms with Gasteiger partial charge in [-0.2, -0.15) is 4.31 Å². The number of nitrogens with zero attached hydrogens (tertiary/aromatic N) is 2. The zero-order chi connectivity index (χ0) is 25.2. The van der Waals surface area contributed by atoms with E-state index in [1.54, 1.807) is 18.2 Å². The first-order valence-electron chi connectivity index (χ1n) is 12.2. The molecule has 2 aliphatic rings. The average molecular weight is 516 g/mol. The number of carbonyl (C=O) groups excluding carboxylic acids is 2. The third-order valence-corrected chi connectivity index (χ3v) is 9.73. The molecular weight excluding hydrogens is 482 g/mol. The predicted octanol–water partition coefficient (Wildman–Crippen LogP) is 4.53. The fourth-order valence-electron chi connectivity index (χ4n) is 4.55. The van der Waals surface area contributed by atoms with Gasteiger partial charge in [-0.1, -0.05) is 39.0 Å². The van der Waals surface area contributed by atoms with Crippen LogP contribution < -0.4 is 10.2 Å². The van der Waals surface area contributed by atoms with Gasteiger partial charge in [-0.3, -0.25) is 9.59 Å². The van der Waals surface area contributed by atoms with Crippen molar-refractivity contribution in [2.45, 2.75) is 61.5 Å². The fourth-order valence-corrected chi connectivity index (χ4v) is 7.13. The summed E-state index contributed by atoms with van der Waals surface area (Å²) in [6, 6.07) is 12.5. The highest BCUT2D eigenvalue weighted by Gasteiger charge is 2.32. The minimum Gasteiger partial charge on any atom is -0.324 e. The van der Waals surface area contributed by atoms with E-state index in [0.717, 1.165) is 35.4 Å². The summed E-state index contributed by atoms with van der Waals surface area (Å²) in [4.78, 5) is 28.6. The Kier molecular flexibility index (Phi) is 7.88. The summed E-state index contributed by atoms with van der Waals surface area (Å²) < 4.78 is 28.3. The molecule has 1 saturated heterocycles. The van der Waals surface area contributed by atoms with Crippen molar-refractivity contribution in [2.24, 2.45) is 5.92 Å². The molecule has 2 aliphatic heterocycles. The van der Waals surface area contributed by atoms with Crippen LogP contribution in [0.2, 0.25) is 0 Å². The van der Waals surface area contributed by atoms with Crippen LogP contribution in [0.25, 0.3) is 0 Å². The van der Waals surface area contributed by atoms with Gasteiger partial charge in [0.1, 0.15) is 6.54 Å². The van der Waals surface area contributed by atoms with E-state index in [1.807, 2.05) is 38.1 Å². The van der Waals surface area contributed by atoms with E-state index < -0.39 is 10.0 Å². The molecule has 1 fully saturated rings. The Morgan fingerprint density at radius 3 is 2.54 bits per heavy atom. The third-order valence-electron chi connectivity index (χ3n) is 6.67. The van der Waals surface area contributed by atoms with Gasteiger partial charge in [-0.15, -0.1) is 11.8 Å². The first kappa shape index (κ1) is 25.7. The lowest BCUT2D eigenvalue weighted by Crippen LogP contribution is -2.39. The summed E-state index contributed by atoms with van der Waals surface area (Å²) in [5.41, 5.74) is 2.22. The number of piperidine rings is 1. The Morgan fingerprint density at radius 2 is 1.83 bits per heavy atom. The summed E-state index contributed by atoms with van der Waals surface area (Å²) in [6.07, 6.45) is 2.71. The van der Waals surface area contributed by atoms with Gasteiger partial charge in [0.25, 0.3) is 0 Å². The number of thioether (sulfide) groups is 1. The van der Waals surface area contributed by atoms with Gasteiger partial charge in [0, 0.05) is 35.3 Å². The maximum Gasteiger partial charge on any atom is 0.244 e. The molecule has 2 aromatic rings. The molecule has 2 heterocycles. The summed E-state index contributed by atoms with van der Waals surface area (Å²) in [6.45, 7) is 6.93. The minimum atomic E-state index is -3.69. The van der Waals surface area contributed by atoms with Gasteiger partial charge in [0.05, 0.1) is 10.6 Å². The first-order valence-corrected chi connectivity index (χ1v) is 14.5. The van der Waals surface area contributed by atoms with Gasteiger partial charge in [-0.05, 0) is 55.0 Å². The van der Waals surface area contributed by atoms with Crippen molar-refractivity contribution in [3.05, 3.63) is 48.0 Å². The Labute approximate surface area is 212 Å². The molecule has 0 aromatic heterocycles. The Balaban J connectivity index is 1.64. The number of nitrogens with one attached hydrogen (secondary N) is 1. The number of hydrogen-bond acceptors (Lipinski definition) is 5. The van der Waals surface area contributed by atoms with Crippen molar-refractivity contribution in [3.8, 4) is 0 Å². The van der Waals surface area contributed by atoms with Crippen molar-refractivity contribution < 1.29 is 18.0 Å². The molecule has 0 saturated carbocycles. The van der Waals surface area contributed by atoms with E-state index in [4.69, 9.17) is 0 Å². The largest absolute Gasteiger partial charge is 0.324 e. The van der Waals surface area contributed by atoms with Gasteiger partial charge in [0.15, 0.2) is 0 Å². The van der Waals surface area contributed by atoms with Crippen LogP contribution in [0.3, 0.4) is 0 Å². The Morgan fingerprint density at radius 1 is 1.11 bits per heavy atom. The molecule has 0 radical (unpaired) electrons. The molecule has 0 bridgehead atoms. The lowest BCUT2D eigenvalue weighted by atomic mass is 10.0. The van der Waals surface area contributed by atoms with Crippen molar-refractivity contribution in [1.82, 2.24) is 4.31 Å². The van der Waals surface area contributed by atoms with Crippen LogP contribution in [-0.4, -0.2) is 49.4 Å². The summed E-state index contributed by atoms with van der Waals surface area (Å²) >= 11 is 1.53. The second kappa shape index (κ2) is 10.7. The smallest absolute Gasteiger partial charge is 0.244 e. The Hall–Kier alpha value is -2.36. The van der Waals surface area contributed by atoms with Crippen LogP contribution in [0.5, 0.6) is 0 Å². The highest BCUT2D eigenvalue weighted by Crippen LogP contribution is 2.40. The zero-order valence-corrected chi connectivity index (χ0v) is 22.1. The maximum absolute atomic E-state index is 13.4. The van der Waals surface area contributed by atoms with Gasteiger partial charge in [0.2, 0.25) is 21.8 Å². The van der Waals surface area contributed by atoms with Crippen LogP contribution in [-0.2, 0) is 26.0 Å². The molecule has 7 nitrogen and oxygen atoms in total. The van der Waals surface area contributed by atoms with Crippen molar-refractivity contribution in [3.63, 3.8) is 0 Å². The number of anilines is 2. The predicted molar refractivity (Wildman–Crippen MR) is 140 cm³/mol. The molecule has 0 unspecified atom stereocenters. The van der Waals surface area contributed by atoms with Gasteiger partial charge in [-0.25, -0.2) is 8.42 Å². The van der Waals surface area contributed by atoms with Gasteiger partial charge >= 0.3 is 0 Å². The normalized spacial score (nSPS) is 19.8. The van der Waals surface area contributed by atoms with E-state index in [0.29, 0.717) is 24.7 Å². The Bertz CT molecular complexity index is 1210. The molecule has 0 spiro atoms.